The van der Waals surface area contributed by atoms with Crippen LogP contribution in [0.15, 0.2) is 24.3 Å². The number of allylic oxidation sites excluding steroid dienone is 2. The highest BCUT2D eigenvalue weighted by atomic mass is 16.4. The molecule has 0 aromatic carbocycles. The molecule has 1 fully saturated rings. The highest BCUT2D eigenvalue weighted by Gasteiger charge is 2.39. The van der Waals surface area contributed by atoms with Gasteiger partial charge in [-0.2, -0.15) is 0 Å². The predicted molar refractivity (Wildman–Crippen MR) is 126 cm³/mol. The molecule has 0 bridgehead atoms. The summed E-state index contributed by atoms with van der Waals surface area (Å²) in [5.41, 5.74) is 3.94. The second kappa shape index (κ2) is 18.1. The average molecular weight is 476 g/mol. The predicted octanol–water partition coefficient (Wildman–Crippen LogP) is 0.704. The Morgan fingerprint density at radius 3 is 2.21 bits per heavy atom. The summed E-state index contributed by atoms with van der Waals surface area (Å²) in [6.07, 6.45) is 12.3. The van der Waals surface area contributed by atoms with Gasteiger partial charge in [0.2, 0.25) is 0 Å². The number of aliphatic carboxylic acids is 1. The molecule has 9 heteroatoms. The van der Waals surface area contributed by atoms with Gasteiger partial charge in [0, 0.05) is 18.8 Å². The molecule has 0 saturated heterocycles. The molecule has 1 rings (SSSR count). The van der Waals surface area contributed by atoms with E-state index in [-0.39, 0.29) is 18.3 Å². The van der Waals surface area contributed by atoms with E-state index in [0.29, 0.717) is 25.7 Å². The minimum absolute atomic E-state index is 0.0650. The van der Waals surface area contributed by atoms with Crippen LogP contribution in [-0.2, 0) is 4.79 Å². The quantitative estimate of drug-likeness (QED) is 0.125. The highest BCUT2D eigenvalue weighted by Crippen LogP contribution is 2.36. The molecule has 0 heterocycles. The van der Waals surface area contributed by atoms with Gasteiger partial charge in [0.25, 0.3) is 0 Å². The lowest BCUT2D eigenvalue weighted by atomic mass is 9.89. The summed E-state index contributed by atoms with van der Waals surface area (Å²) in [5.74, 6) is -1.00. The van der Waals surface area contributed by atoms with Crippen molar-refractivity contribution in [2.45, 2.75) is 88.6 Å². The van der Waals surface area contributed by atoms with E-state index in [0.717, 1.165) is 25.7 Å². The molecule has 0 spiro atoms. The molecule has 33 heavy (non-hydrogen) atoms. The van der Waals surface area contributed by atoms with E-state index in [1.54, 1.807) is 6.08 Å². The summed E-state index contributed by atoms with van der Waals surface area (Å²) in [5, 5.41) is 64.0. The average Bonchev–Trinajstić information content (AvgIpc) is 3.06. The fourth-order valence-electron chi connectivity index (χ4n) is 3.56. The number of aliphatic hydroxyl groups is 6. The van der Waals surface area contributed by atoms with Gasteiger partial charge in [-0.1, -0.05) is 50.5 Å². The van der Waals surface area contributed by atoms with E-state index in [4.69, 9.17) is 26.2 Å². The summed E-state index contributed by atoms with van der Waals surface area (Å²) < 4.78 is 0. The van der Waals surface area contributed by atoms with Crippen LogP contribution in [-0.4, -0.2) is 85.4 Å². The molecule has 5 atom stereocenters. The van der Waals surface area contributed by atoms with Crippen molar-refractivity contribution < 1.29 is 40.5 Å². The van der Waals surface area contributed by atoms with Crippen molar-refractivity contribution in [2.24, 2.45) is 17.6 Å². The molecular weight excluding hydrogens is 430 g/mol. The van der Waals surface area contributed by atoms with Crippen molar-refractivity contribution in [2.75, 3.05) is 19.8 Å². The molecule has 9 N–H and O–H groups in total. The molecule has 9 nitrogen and oxygen atoms in total. The Kier molecular flexibility index (Phi) is 17.3. The maximum absolute atomic E-state index is 10.5. The van der Waals surface area contributed by atoms with E-state index in [1.165, 1.54) is 0 Å². The number of carboxylic acids is 1. The van der Waals surface area contributed by atoms with Crippen LogP contribution in [0.3, 0.4) is 0 Å². The zero-order valence-electron chi connectivity index (χ0n) is 19.8. The molecular formula is C24H45NO8. The Bertz CT molecular complexity index is 556. The summed E-state index contributed by atoms with van der Waals surface area (Å²) in [4.78, 5) is 10.5. The topological polar surface area (TPSA) is 185 Å². The molecule has 5 unspecified atom stereocenters. The van der Waals surface area contributed by atoms with E-state index in [2.05, 4.69) is 6.92 Å². The third-order valence-corrected chi connectivity index (χ3v) is 5.86. The lowest BCUT2D eigenvalue weighted by molar-refractivity contribution is -0.137. The van der Waals surface area contributed by atoms with E-state index in [9.17, 15) is 20.1 Å². The lowest BCUT2D eigenvalue weighted by Crippen LogP contribution is -2.50. The van der Waals surface area contributed by atoms with Crippen LogP contribution in [0, 0.1) is 11.8 Å². The lowest BCUT2D eigenvalue weighted by Gasteiger charge is -2.20. The van der Waals surface area contributed by atoms with Crippen LogP contribution in [0.25, 0.3) is 0 Å². The van der Waals surface area contributed by atoms with E-state index < -0.39 is 49.6 Å². The second-order valence-electron chi connectivity index (χ2n) is 8.89. The smallest absolute Gasteiger partial charge is 0.303 e. The summed E-state index contributed by atoms with van der Waals surface area (Å²) in [6, 6.07) is 0. The Hall–Kier alpha value is -1.33. The summed E-state index contributed by atoms with van der Waals surface area (Å²) >= 11 is 0. The largest absolute Gasteiger partial charge is 0.481 e. The van der Waals surface area contributed by atoms with Gasteiger partial charge in [0.15, 0.2) is 0 Å². The first kappa shape index (κ1) is 31.7. The number of aliphatic hydroxyl groups excluding tert-OH is 6. The maximum Gasteiger partial charge on any atom is 0.303 e. The standard InChI is InChI=1S/C20H34O5.C4H11NO3/c1-2-3-6-9-15(21)12-13-17-16(18(22)14-19(17)23)10-7-4-5-8-11-20(24)25;5-4(1-6,2-7)3-8/h4,7,12-13,15-19,21-23H,2-3,5-6,8-11,14H2,1H3,(H,24,25);6-8H,1-3,5H2. The molecule has 0 radical (unpaired) electrons. The number of rotatable bonds is 15. The molecule has 194 valence electrons. The van der Waals surface area contributed by atoms with Crippen LogP contribution >= 0.6 is 0 Å². The van der Waals surface area contributed by atoms with Crippen molar-refractivity contribution in [3.63, 3.8) is 0 Å². The molecule has 1 aliphatic carbocycles. The van der Waals surface area contributed by atoms with Crippen molar-refractivity contribution in [1.29, 1.82) is 0 Å². The number of hydrogen-bond donors (Lipinski definition) is 8. The first-order chi connectivity index (χ1) is 15.6. The SMILES string of the molecule is CCCCCC(O)C=CC1C(O)CC(O)C1CC=CCCCC(=O)O.NC(CO)(CO)CO. The number of carboxylic acid groups (broad SMARTS) is 1. The van der Waals surface area contributed by atoms with Crippen LogP contribution in [0.1, 0.15) is 64.7 Å². The fourth-order valence-corrected chi connectivity index (χ4v) is 3.56. The van der Waals surface area contributed by atoms with Crippen molar-refractivity contribution in [3.05, 3.63) is 24.3 Å². The van der Waals surface area contributed by atoms with Crippen LogP contribution in [0.5, 0.6) is 0 Å². The molecule has 1 saturated carbocycles. The Morgan fingerprint density at radius 2 is 1.70 bits per heavy atom. The first-order valence-electron chi connectivity index (χ1n) is 11.8. The van der Waals surface area contributed by atoms with Gasteiger partial charge in [-0.05, 0) is 31.6 Å². The van der Waals surface area contributed by atoms with E-state index in [1.807, 2.05) is 18.2 Å². The second-order valence-corrected chi connectivity index (χ2v) is 8.89. The van der Waals surface area contributed by atoms with Gasteiger partial charge in [-0.25, -0.2) is 0 Å². The van der Waals surface area contributed by atoms with Gasteiger partial charge in [0.1, 0.15) is 0 Å². The molecule has 0 aromatic heterocycles. The minimum atomic E-state index is -1.21. The normalized spacial score (nSPS) is 24.2. The molecule has 0 aromatic rings. The third-order valence-electron chi connectivity index (χ3n) is 5.86. The van der Waals surface area contributed by atoms with Crippen molar-refractivity contribution >= 4 is 5.97 Å². The first-order valence-corrected chi connectivity index (χ1v) is 11.8. The van der Waals surface area contributed by atoms with Gasteiger partial charge in [-0.3, -0.25) is 4.79 Å². The van der Waals surface area contributed by atoms with Crippen LogP contribution < -0.4 is 5.73 Å². The molecule has 1 aliphatic rings. The zero-order chi connectivity index (χ0) is 25.3. The number of hydrogen-bond acceptors (Lipinski definition) is 8. The minimum Gasteiger partial charge on any atom is -0.481 e. The summed E-state index contributed by atoms with van der Waals surface area (Å²) in [6.45, 7) is 0.915. The molecule has 0 amide bonds. The monoisotopic (exact) mass is 475 g/mol. The van der Waals surface area contributed by atoms with Crippen molar-refractivity contribution in [1.82, 2.24) is 0 Å². The summed E-state index contributed by atoms with van der Waals surface area (Å²) in [7, 11) is 0. The highest BCUT2D eigenvalue weighted by molar-refractivity contribution is 5.66. The third kappa shape index (κ3) is 13.8. The fraction of sp³-hybridized carbons (Fsp3) is 0.792. The number of carbonyl (C=O) groups is 1. The number of unbranched alkanes of at least 4 members (excludes halogenated alkanes) is 3. The number of nitrogens with two attached hydrogens (primary N) is 1. The van der Waals surface area contributed by atoms with Crippen LogP contribution in [0.4, 0.5) is 0 Å². The van der Waals surface area contributed by atoms with Gasteiger partial charge in [-0.15, -0.1) is 0 Å². The molecule has 0 aliphatic heterocycles. The zero-order valence-corrected chi connectivity index (χ0v) is 19.8. The Labute approximate surface area is 197 Å². The Morgan fingerprint density at radius 1 is 1.06 bits per heavy atom. The van der Waals surface area contributed by atoms with Gasteiger partial charge >= 0.3 is 5.97 Å². The van der Waals surface area contributed by atoms with Gasteiger partial charge in [0.05, 0.1) is 43.7 Å². The van der Waals surface area contributed by atoms with Crippen LogP contribution in [0.2, 0.25) is 0 Å². The maximum atomic E-state index is 10.5. The Balaban J connectivity index is 0.00000109. The van der Waals surface area contributed by atoms with Crippen molar-refractivity contribution in [3.8, 4) is 0 Å². The van der Waals surface area contributed by atoms with Gasteiger partial charge < -0.3 is 41.5 Å². The van der Waals surface area contributed by atoms with E-state index >= 15 is 0 Å².